The number of thiophene rings is 1. The number of rotatable bonds is 6. The van der Waals surface area contributed by atoms with Crippen LogP contribution in [0.3, 0.4) is 0 Å². The normalized spacial score (nSPS) is 20.6. The molecule has 2 aliphatic rings. The Hall–Kier alpha value is -1.85. The molecule has 0 spiro atoms. The van der Waals surface area contributed by atoms with Crippen LogP contribution >= 0.6 is 11.3 Å². The first-order valence-corrected chi connectivity index (χ1v) is 11.2. The number of para-hydroxylation sites is 1. The molecule has 150 valence electrons. The zero-order chi connectivity index (χ0) is 19.5. The molecule has 1 saturated heterocycles. The number of aryl methyl sites for hydroxylation is 1. The van der Waals surface area contributed by atoms with E-state index in [0.29, 0.717) is 6.54 Å². The van der Waals surface area contributed by atoms with Crippen molar-refractivity contribution in [1.29, 1.82) is 0 Å². The summed E-state index contributed by atoms with van der Waals surface area (Å²) in [7, 11) is 1.72. The summed E-state index contributed by atoms with van der Waals surface area (Å²) in [5, 5.41) is 3.22. The Morgan fingerprint density at radius 3 is 2.89 bits per heavy atom. The Morgan fingerprint density at radius 2 is 2.11 bits per heavy atom. The first-order chi connectivity index (χ1) is 13.7. The van der Waals surface area contributed by atoms with Gasteiger partial charge in [0.25, 0.3) is 5.91 Å². The fourth-order valence-electron chi connectivity index (χ4n) is 4.52. The third-order valence-electron chi connectivity index (χ3n) is 6.09. The molecule has 2 heterocycles. The van der Waals surface area contributed by atoms with E-state index in [4.69, 9.17) is 4.74 Å². The third-order valence-corrected chi connectivity index (χ3v) is 7.32. The molecular weight excluding hydrogens is 368 g/mol. The van der Waals surface area contributed by atoms with Gasteiger partial charge < -0.3 is 10.1 Å². The SMILES string of the molecule is COc1ccccc1C(CNC(=O)c1cc2c(s1)CCC(C)C2)N1CCCC1. The van der Waals surface area contributed by atoms with Gasteiger partial charge in [-0.3, -0.25) is 9.69 Å². The monoisotopic (exact) mass is 398 g/mol. The second-order valence-corrected chi connectivity index (χ2v) is 9.25. The van der Waals surface area contributed by atoms with Crippen LogP contribution in [-0.2, 0) is 12.8 Å². The molecule has 1 aliphatic carbocycles. The average Bonchev–Trinajstić information content (AvgIpc) is 3.38. The van der Waals surface area contributed by atoms with Crippen LogP contribution < -0.4 is 10.1 Å². The van der Waals surface area contributed by atoms with E-state index in [1.165, 1.54) is 29.7 Å². The zero-order valence-electron chi connectivity index (χ0n) is 16.9. The highest BCUT2D eigenvalue weighted by molar-refractivity contribution is 7.14. The summed E-state index contributed by atoms with van der Waals surface area (Å²) in [4.78, 5) is 17.6. The van der Waals surface area contributed by atoms with Gasteiger partial charge in [-0.15, -0.1) is 11.3 Å². The van der Waals surface area contributed by atoms with Crippen LogP contribution in [0.1, 0.15) is 57.9 Å². The zero-order valence-corrected chi connectivity index (χ0v) is 17.7. The summed E-state index contributed by atoms with van der Waals surface area (Å²) in [6.45, 7) is 5.06. The number of nitrogens with zero attached hydrogens (tertiary/aromatic N) is 1. The van der Waals surface area contributed by atoms with Gasteiger partial charge in [0.2, 0.25) is 0 Å². The van der Waals surface area contributed by atoms with Crippen LogP contribution in [0, 0.1) is 5.92 Å². The smallest absolute Gasteiger partial charge is 0.261 e. The fourth-order valence-corrected chi connectivity index (χ4v) is 5.65. The second kappa shape index (κ2) is 8.66. The van der Waals surface area contributed by atoms with Gasteiger partial charge in [-0.05, 0) is 68.8 Å². The Morgan fingerprint density at radius 1 is 1.32 bits per heavy atom. The van der Waals surface area contributed by atoms with Crippen LogP contribution in [-0.4, -0.2) is 37.6 Å². The number of amides is 1. The molecule has 2 unspecified atom stereocenters. The molecule has 5 heteroatoms. The van der Waals surface area contributed by atoms with E-state index in [1.807, 2.05) is 12.1 Å². The number of nitrogens with one attached hydrogen (secondary N) is 1. The summed E-state index contributed by atoms with van der Waals surface area (Å²) >= 11 is 1.68. The predicted molar refractivity (Wildman–Crippen MR) is 114 cm³/mol. The number of methoxy groups -OCH3 is 1. The Kier molecular flexibility index (Phi) is 6.02. The van der Waals surface area contributed by atoms with Gasteiger partial charge in [0, 0.05) is 17.0 Å². The van der Waals surface area contributed by atoms with Gasteiger partial charge in [-0.25, -0.2) is 0 Å². The van der Waals surface area contributed by atoms with Crippen molar-refractivity contribution >= 4 is 17.2 Å². The maximum absolute atomic E-state index is 12.9. The third kappa shape index (κ3) is 4.11. The van der Waals surface area contributed by atoms with Gasteiger partial charge in [0.15, 0.2) is 0 Å². The number of carbonyl (C=O) groups is 1. The van der Waals surface area contributed by atoms with Crippen molar-refractivity contribution in [3.8, 4) is 5.75 Å². The lowest BCUT2D eigenvalue weighted by molar-refractivity contribution is 0.0941. The molecule has 1 aromatic heterocycles. The van der Waals surface area contributed by atoms with Crippen LogP contribution in [0.15, 0.2) is 30.3 Å². The van der Waals surface area contributed by atoms with Crippen LogP contribution in [0.5, 0.6) is 5.75 Å². The maximum Gasteiger partial charge on any atom is 0.261 e. The van der Waals surface area contributed by atoms with Gasteiger partial charge in [0.1, 0.15) is 5.75 Å². The van der Waals surface area contributed by atoms with Crippen molar-refractivity contribution in [2.24, 2.45) is 5.92 Å². The number of hydrogen-bond donors (Lipinski definition) is 1. The predicted octanol–water partition coefficient (Wildman–Crippen LogP) is 4.45. The topological polar surface area (TPSA) is 41.6 Å². The summed E-state index contributed by atoms with van der Waals surface area (Å²) in [5.41, 5.74) is 2.54. The molecular formula is C23H30N2O2S. The van der Waals surface area contributed by atoms with E-state index in [1.54, 1.807) is 18.4 Å². The molecule has 1 fully saturated rings. The minimum atomic E-state index is 0.0612. The molecule has 0 radical (unpaired) electrons. The molecule has 0 bridgehead atoms. The highest BCUT2D eigenvalue weighted by Crippen LogP contribution is 2.33. The van der Waals surface area contributed by atoms with E-state index >= 15 is 0 Å². The molecule has 0 saturated carbocycles. The summed E-state index contributed by atoms with van der Waals surface area (Å²) in [6, 6.07) is 10.5. The van der Waals surface area contributed by atoms with Crippen molar-refractivity contribution in [2.45, 2.75) is 45.1 Å². The number of fused-ring (bicyclic) bond motifs is 1. The van der Waals surface area contributed by atoms with E-state index in [-0.39, 0.29) is 11.9 Å². The molecule has 1 aromatic carbocycles. The average molecular weight is 399 g/mol. The van der Waals surface area contributed by atoms with E-state index in [9.17, 15) is 4.79 Å². The second-order valence-electron chi connectivity index (χ2n) is 8.12. The van der Waals surface area contributed by atoms with E-state index in [0.717, 1.165) is 48.0 Å². The van der Waals surface area contributed by atoms with Crippen molar-refractivity contribution in [3.63, 3.8) is 0 Å². The molecule has 1 amide bonds. The van der Waals surface area contributed by atoms with E-state index in [2.05, 4.69) is 35.3 Å². The van der Waals surface area contributed by atoms with Gasteiger partial charge in [0.05, 0.1) is 18.0 Å². The largest absolute Gasteiger partial charge is 0.496 e. The number of benzene rings is 1. The van der Waals surface area contributed by atoms with Crippen LogP contribution in [0.4, 0.5) is 0 Å². The first-order valence-electron chi connectivity index (χ1n) is 10.4. The lowest BCUT2D eigenvalue weighted by Gasteiger charge is -2.29. The van der Waals surface area contributed by atoms with Crippen molar-refractivity contribution < 1.29 is 9.53 Å². The Bertz CT molecular complexity index is 826. The quantitative estimate of drug-likeness (QED) is 0.782. The summed E-state index contributed by atoms with van der Waals surface area (Å²) in [5.74, 6) is 1.68. The van der Waals surface area contributed by atoms with E-state index < -0.39 is 0 Å². The number of likely N-dealkylation sites (tertiary alicyclic amines) is 1. The van der Waals surface area contributed by atoms with Crippen molar-refractivity contribution in [3.05, 3.63) is 51.2 Å². The molecule has 1 aliphatic heterocycles. The van der Waals surface area contributed by atoms with Gasteiger partial charge in [-0.1, -0.05) is 25.1 Å². The molecule has 2 atom stereocenters. The first kappa shape index (κ1) is 19.5. The molecule has 28 heavy (non-hydrogen) atoms. The lowest BCUT2D eigenvalue weighted by atomic mass is 9.90. The number of ether oxygens (including phenoxy) is 1. The number of hydrogen-bond acceptors (Lipinski definition) is 4. The maximum atomic E-state index is 12.9. The minimum absolute atomic E-state index is 0.0612. The Balaban J connectivity index is 1.49. The standard InChI is InChI=1S/C23H30N2O2S/c1-16-9-10-21-17(13-16)14-22(28-21)23(26)24-15-19(25-11-5-6-12-25)18-7-3-4-8-20(18)27-2/h3-4,7-8,14,16,19H,5-6,9-13,15H2,1-2H3,(H,24,26). The highest BCUT2D eigenvalue weighted by atomic mass is 32.1. The number of carbonyl (C=O) groups excluding carboxylic acids is 1. The van der Waals surface area contributed by atoms with Crippen LogP contribution in [0.25, 0.3) is 0 Å². The molecule has 4 rings (SSSR count). The van der Waals surface area contributed by atoms with Crippen LogP contribution in [0.2, 0.25) is 0 Å². The lowest BCUT2D eigenvalue weighted by Crippen LogP contribution is -2.36. The Labute approximate surface area is 171 Å². The fraction of sp³-hybridized carbons (Fsp3) is 0.522. The summed E-state index contributed by atoms with van der Waals surface area (Å²) in [6.07, 6.45) is 5.90. The minimum Gasteiger partial charge on any atom is -0.496 e. The van der Waals surface area contributed by atoms with Crippen molar-refractivity contribution in [2.75, 3.05) is 26.7 Å². The van der Waals surface area contributed by atoms with Gasteiger partial charge >= 0.3 is 0 Å². The summed E-state index contributed by atoms with van der Waals surface area (Å²) < 4.78 is 5.61. The molecule has 1 N–H and O–H groups in total. The highest BCUT2D eigenvalue weighted by Gasteiger charge is 2.27. The van der Waals surface area contributed by atoms with Gasteiger partial charge in [-0.2, -0.15) is 0 Å². The van der Waals surface area contributed by atoms with Crippen molar-refractivity contribution in [1.82, 2.24) is 10.2 Å². The molecule has 4 nitrogen and oxygen atoms in total. The molecule has 2 aromatic rings.